The van der Waals surface area contributed by atoms with Crippen LogP contribution in [0.15, 0.2) is 0 Å². The summed E-state index contributed by atoms with van der Waals surface area (Å²) in [5.74, 6) is -0.997. The lowest BCUT2D eigenvalue weighted by Gasteiger charge is -2.36. The van der Waals surface area contributed by atoms with Crippen molar-refractivity contribution in [3.05, 3.63) is 0 Å². The Morgan fingerprint density at radius 3 is 2.22 bits per heavy atom. The van der Waals surface area contributed by atoms with Crippen LogP contribution in [0.25, 0.3) is 0 Å². The Kier molecular flexibility index (Phi) is 6.17. The van der Waals surface area contributed by atoms with Gasteiger partial charge in [-0.3, -0.25) is 20.4 Å². The van der Waals surface area contributed by atoms with Crippen LogP contribution < -0.4 is 16.6 Å². The van der Waals surface area contributed by atoms with Crippen LogP contribution in [0, 0.1) is 5.92 Å². The van der Waals surface area contributed by atoms with Gasteiger partial charge in [0.1, 0.15) is 12.7 Å². The fraction of sp³-hybridized carbons (Fsp3) is 0.786. The molecule has 0 radical (unpaired) electrons. The van der Waals surface area contributed by atoms with Crippen LogP contribution in [-0.2, 0) is 18.8 Å². The number of carbonyl (C=O) groups excluding carboxylic acids is 3. The summed E-state index contributed by atoms with van der Waals surface area (Å²) in [5, 5.41) is 0.0118. The van der Waals surface area contributed by atoms with Crippen molar-refractivity contribution in [3.8, 4) is 0 Å². The number of hydrogen-bond donors (Lipinski definition) is 3. The molecule has 1 saturated carbocycles. The van der Waals surface area contributed by atoms with Crippen molar-refractivity contribution in [1.29, 1.82) is 0 Å². The van der Waals surface area contributed by atoms with Gasteiger partial charge in [-0.05, 0) is 31.0 Å². The first-order valence-corrected chi connectivity index (χ1v) is 10.5. The lowest BCUT2D eigenvalue weighted by atomic mass is 9.82. The number of carbonyl (C=O) groups is 3. The SMILES string of the molecule is CC(C)(C)[Si](C)(C)OCC(=O)NNC(=O)C1CC(OC(N)=O)C1. The van der Waals surface area contributed by atoms with Crippen molar-refractivity contribution < 1.29 is 23.5 Å². The van der Waals surface area contributed by atoms with Gasteiger partial charge in [-0.1, -0.05) is 20.8 Å². The summed E-state index contributed by atoms with van der Waals surface area (Å²) in [7, 11) is -2.00. The molecular formula is C14H27N3O5Si. The van der Waals surface area contributed by atoms with Gasteiger partial charge in [0.2, 0.25) is 5.91 Å². The van der Waals surface area contributed by atoms with Gasteiger partial charge in [-0.25, -0.2) is 4.79 Å². The Labute approximate surface area is 137 Å². The first-order chi connectivity index (χ1) is 10.4. The minimum absolute atomic E-state index is 0.0118. The minimum atomic E-state index is -2.00. The molecule has 3 amide bonds. The lowest BCUT2D eigenvalue weighted by molar-refractivity contribution is -0.136. The molecule has 0 bridgehead atoms. The highest BCUT2D eigenvalue weighted by molar-refractivity contribution is 6.74. The van der Waals surface area contributed by atoms with Crippen molar-refractivity contribution in [2.24, 2.45) is 11.7 Å². The summed E-state index contributed by atoms with van der Waals surface area (Å²) in [6, 6.07) is 0. The van der Waals surface area contributed by atoms with E-state index in [2.05, 4.69) is 31.6 Å². The second-order valence-electron chi connectivity index (χ2n) is 7.31. The van der Waals surface area contributed by atoms with Gasteiger partial charge >= 0.3 is 6.09 Å². The molecule has 9 heteroatoms. The van der Waals surface area contributed by atoms with E-state index in [-0.39, 0.29) is 29.6 Å². The number of hydrazine groups is 1. The number of nitrogens with two attached hydrogens (primary N) is 1. The van der Waals surface area contributed by atoms with Crippen LogP contribution in [-0.4, -0.2) is 38.9 Å². The van der Waals surface area contributed by atoms with Gasteiger partial charge in [-0.2, -0.15) is 0 Å². The third kappa shape index (κ3) is 5.83. The van der Waals surface area contributed by atoms with E-state index in [9.17, 15) is 14.4 Å². The van der Waals surface area contributed by atoms with Gasteiger partial charge in [0.25, 0.3) is 5.91 Å². The molecule has 8 nitrogen and oxygen atoms in total. The highest BCUT2D eigenvalue weighted by Gasteiger charge is 2.38. The van der Waals surface area contributed by atoms with Gasteiger partial charge in [0.15, 0.2) is 8.32 Å². The molecule has 0 aromatic rings. The zero-order chi connectivity index (χ0) is 17.8. The zero-order valence-corrected chi connectivity index (χ0v) is 15.4. The summed E-state index contributed by atoms with van der Waals surface area (Å²) in [6.45, 7) is 10.3. The third-order valence-corrected chi connectivity index (χ3v) is 8.92. The number of hydrogen-bond acceptors (Lipinski definition) is 5. The summed E-state index contributed by atoms with van der Waals surface area (Å²) in [5.41, 5.74) is 9.59. The number of ether oxygens (including phenoxy) is 1. The Morgan fingerprint density at radius 1 is 1.17 bits per heavy atom. The molecule has 0 aromatic carbocycles. The van der Waals surface area contributed by atoms with E-state index in [1.165, 1.54) is 0 Å². The highest BCUT2D eigenvalue weighted by Crippen LogP contribution is 2.36. The van der Waals surface area contributed by atoms with E-state index in [0.717, 1.165) is 0 Å². The standard InChI is InChI=1S/C14H27N3O5Si/c1-14(2,3)23(4,5)21-8-11(18)16-17-12(19)9-6-10(7-9)22-13(15)20/h9-10H,6-8H2,1-5H3,(H2,15,20)(H,16,18)(H,17,19). The predicted octanol–water partition coefficient (Wildman–Crippen LogP) is 1.03. The maximum Gasteiger partial charge on any atom is 0.404 e. The molecule has 23 heavy (non-hydrogen) atoms. The fourth-order valence-corrected chi connectivity index (χ4v) is 2.70. The second-order valence-corrected chi connectivity index (χ2v) is 12.1. The monoisotopic (exact) mass is 345 g/mol. The van der Waals surface area contributed by atoms with Crippen LogP contribution in [0.2, 0.25) is 18.1 Å². The maximum atomic E-state index is 11.8. The molecule has 1 aliphatic carbocycles. The van der Waals surface area contributed by atoms with Gasteiger partial charge in [0.05, 0.1) is 0 Å². The summed E-state index contributed by atoms with van der Waals surface area (Å²) in [4.78, 5) is 34.1. The van der Waals surface area contributed by atoms with Gasteiger partial charge in [-0.15, -0.1) is 0 Å². The van der Waals surface area contributed by atoms with Crippen molar-refractivity contribution >= 4 is 26.2 Å². The number of amides is 3. The van der Waals surface area contributed by atoms with Crippen LogP contribution >= 0.6 is 0 Å². The summed E-state index contributed by atoms with van der Waals surface area (Å²) >= 11 is 0. The molecule has 0 saturated heterocycles. The van der Waals surface area contributed by atoms with E-state index in [0.29, 0.717) is 12.8 Å². The topological polar surface area (TPSA) is 120 Å². The fourth-order valence-electron chi connectivity index (χ4n) is 1.77. The molecule has 0 aromatic heterocycles. The van der Waals surface area contributed by atoms with Crippen LogP contribution in [0.5, 0.6) is 0 Å². The molecule has 0 spiro atoms. The molecular weight excluding hydrogens is 318 g/mol. The molecule has 4 N–H and O–H groups in total. The molecule has 0 unspecified atom stereocenters. The summed E-state index contributed by atoms with van der Waals surface area (Å²) in [6.07, 6.45) is -0.346. The number of primary amides is 1. The Hall–Kier alpha value is -1.61. The van der Waals surface area contributed by atoms with Crippen LogP contribution in [0.4, 0.5) is 4.79 Å². The van der Waals surface area contributed by atoms with Gasteiger partial charge in [0, 0.05) is 5.92 Å². The smallest absolute Gasteiger partial charge is 0.404 e. The predicted molar refractivity (Wildman–Crippen MR) is 86.6 cm³/mol. The van der Waals surface area contributed by atoms with Crippen molar-refractivity contribution in [1.82, 2.24) is 10.9 Å². The Morgan fingerprint density at radius 2 is 1.74 bits per heavy atom. The normalized spacial score (nSPS) is 21.1. The van der Waals surface area contributed by atoms with E-state index in [1.807, 2.05) is 13.1 Å². The lowest BCUT2D eigenvalue weighted by Crippen LogP contribution is -2.51. The Bertz CT molecular complexity index is 470. The first-order valence-electron chi connectivity index (χ1n) is 7.61. The number of rotatable bonds is 5. The van der Waals surface area contributed by atoms with Gasteiger partial charge < -0.3 is 14.9 Å². The van der Waals surface area contributed by atoms with Crippen molar-refractivity contribution in [2.75, 3.05) is 6.61 Å². The summed E-state index contributed by atoms with van der Waals surface area (Å²) < 4.78 is 10.5. The molecule has 0 atom stereocenters. The molecule has 1 fully saturated rings. The third-order valence-electron chi connectivity index (χ3n) is 4.44. The largest absolute Gasteiger partial charge is 0.446 e. The van der Waals surface area contributed by atoms with Crippen LogP contribution in [0.1, 0.15) is 33.6 Å². The average Bonchev–Trinajstić information content (AvgIpc) is 2.35. The second kappa shape index (κ2) is 7.31. The first kappa shape index (κ1) is 19.4. The van der Waals surface area contributed by atoms with E-state index >= 15 is 0 Å². The Balaban J connectivity index is 2.24. The average molecular weight is 345 g/mol. The molecule has 0 aliphatic heterocycles. The minimum Gasteiger partial charge on any atom is -0.446 e. The maximum absolute atomic E-state index is 11.8. The van der Waals surface area contributed by atoms with Crippen molar-refractivity contribution in [3.63, 3.8) is 0 Å². The molecule has 1 aliphatic rings. The molecule has 1 rings (SSSR count). The van der Waals surface area contributed by atoms with E-state index in [4.69, 9.17) is 14.9 Å². The number of nitrogens with one attached hydrogen (secondary N) is 2. The van der Waals surface area contributed by atoms with Crippen molar-refractivity contribution in [2.45, 2.75) is 57.8 Å². The highest BCUT2D eigenvalue weighted by atomic mass is 28.4. The zero-order valence-electron chi connectivity index (χ0n) is 14.4. The molecule has 132 valence electrons. The van der Waals surface area contributed by atoms with E-state index in [1.54, 1.807) is 0 Å². The quantitative estimate of drug-likeness (QED) is 0.508. The molecule has 0 heterocycles. The van der Waals surface area contributed by atoms with Crippen LogP contribution in [0.3, 0.4) is 0 Å². The van der Waals surface area contributed by atoms with E-state index < -0.39 is 20.3 Å².